The first kappa shape index (κ1) is 19.5. The molecule has 0 aliphatic rings. The van der Waals surface area contributed by atoms with Crippen LogP contribution in [0.4, 0.5) is 17.1 Å². The summed E-state index contributed by atoms with van der Waals surface area (Å²) in [5, 5.41) is 16.9. The van der Waals surface area contributed by atoms with Crippen molar-refractivity contribution in [2.45, 2.75) is 11.8 Å². The molecule has 24 heavy (non-hydrogen) atoms. The summed E-state index contributed by atoms with van der Waals surface area (Å²) in [5.74, 6) is 0.333. The van der Waals surface area contributed by atoms with E-state index in [4.69, 9.17) is 10.1 Å². The number of rotatable bonds is 4. The topological polar surface area (TPSA) is 119 Å². The quantitative estimate of drug-likeness (QED) is 0.454. The van der Waals surface area contributed by atoms with Crippen LogP contribution in [0.1, 0.15) is 5.56 Å². The Kier molecular flexibility index (Phi) is 6.36. The fourth-order valence-corrected chi connectivity index (χ4v) is 2.27. The van der Waals surface area contributed by atoms with E-state index in [1.807, 2.05) is 0 Å². The first-order valence-corrected chi connectivity index (χ1v) is 7.77. The number of methoxy groups -OCH3 is 1. The molecule has 8 nitrogen and oxygen atoms in total. The highest BCUT2D eigenvalue weighted by atomic mass is 35.5. The van der Waals surface area contributed by atoms with Crippen molar-refractivity contribution in [3.8, 4) is 5.75 Å². The molecule has 2 rings (SSSR count). The predicted molar refractivity (Wildman–Crippen MR) is 88.3 cm³/mol. The van der Waals surface area contributed by atoms with E-state index in [0.717, 1.165) is 12.1 Å². The van der Waals surface area contributed by atoms with Gasteiger partial charge >= 0.3 is 5.69 Å². The van der Waals surface area contributed by atoms with Gasteiger partial charge in [-0.1, -0.05) is 0 Å². The molecular weight excluding hydrogens is 356 g/mol. The first-order chi connectivity index (χ1) is 10.8. The number of ether oxygens (including phenoxy) is 1. The van der Waals surface area contributed by atoms with E-state index in [1.54, 1.807) is 19.1 Å². The van der Waals surface area contributed by atoms with E-state index in [9.17, 15) is 13.0 Å². The van der Waals surface area contributed by atoms with Gasteiger partial charge in [-0.2, -0.15) is 10.2 Å². The summed E-state index contributed by atoms with van der Waals surface area (Å²) in [6.07, 6.45) is 0. The number of aryl methyl sites for hydroxylation is 1. The fourth-order valence-electron chi connectivity index (χ4n) is 1.80. The number of hydrogen-bond donors (Lipinski definition) is 0. The van der Waals surface area contributed by atoms with E-state index in [0.29, 0.717) is 22.7 Å². The summed E-state index contributed by atoms with van der Waals surface area (Å²) in [6.45, 7) is 1.76. The monoisotopic (exact) mass is 368 g/mol. The normalized spacial score (nSPS) is 10.9. The second-order valence-corrected chi connectivity index (χ2v) is 5.94. The number of halogens is 1. The Hall–Kier alpha value is -2.54. The number of hydrogen-bond acceptors (Lipinski definition) is 7. The lowest BCUT2D eigenvalue weighted by atomic mass is 10.1. The lowest BCUT2D eigenvalue weighted by Crippen LogP contribution is -1.97. The summed E-state index contributed by atoms with van der Waals surface area (Å²) in [7, 11) is -3.05. The molecule has 0 amide bonds. The Balaban J connectivity index is 0.00000288. The van der Waals surface area contributed by atoms with Crippen molar-refractivity contribution in [2.75, 3.05) is 7.11 Å². The Morgan fingerprint density at radius 2 is 1.79 bits per heavy atom. The minimum absolute atomic E-state index is 0. The summed E-state index contributed by atoms with van der Waals surface area (Å²) in [6, 6.07) is 8.22. The van der Waals surface area contributed by atoms with Crippen LogP contribution in [0.3, 0.4) is 0 Å². The van der Waals surface area contributed by atoms with E-state index in [2.05, 4.69) is 15.2 Å². The number of azo groups is 1. The van der Waals surface area contributed by atoms with Crippen molar-refractivity contribution in [3.05, 3.63) is 46.9 Å². The SMILES string of the molecule is COc1cc(N=Nc2ccc(S(=O)(=O)[O-])cc2)c(C)cc1[N+]#N.Cl. The lowest BCUT2D eigenvalue weighted by molar-refractivity contribution is 0.417. The molecule has 0 saturated carbocycles. The minimum atomic E-state index is -4.48. The van der Waals surface area contributed by atoms with Crippen molar-refractivity contribution >= 4 is 39.6 Å². The third kappa shape index (κ3) is 4.48. The van der Waals surface area contributed by atoms with Gasteiger partial charge in [-0.15, -0.1) is 12.4 Å². The van der Waals surface area contributed by atoms with Gasteiger partial charge in [-0.3, -0.25) is 0 Å². The molecule has 0 N–H and O–H groups in total. The molecule has 2 aromatic rings. The van der Waals surface area contributed by atoms with Crippen LogP contribution in [0, 0.1) is 12.3 Å². The van der Waals surface area contributed by atoms with Gasteiger partial charge < -0.3 is 9.29 Å². The molecular formula is C14H13ClN4O4S. The molecule has 0 fully saturated rings. The molecule has 0 atom stereocenters. The third-order valence-electron chi connectivity index (χ3n) is 3.00. The summed E-state index contributed by atoms with van der Waals surface area (Å²) < 4.78 is 37.6. The molecule has 0 aromatic heterocycles. The van der Waals surface area contributed by atoms with Gasteiger partial charge in [-0.25, -0.2) is 8.42 Å². The van der Waals surface area contributed by atoms with Crippen LogP contribution in [0.5, 0.6) is 5.75 Å². The Labute approximate surface area is 145 Å². The van der Waals surface area contributed by atoms with Gasteiger partial charge in [0, 0.05) is 12.1 Å². The van der Waals surface area contributed by atoms with Gasteiger partial charge in [0.1, 0.15) is 10.1 Å². The second kappa shape index (κ2) is 7.83. The average molecular weight is 369 g/mol. The zero-order valence-electron chi connectivity index (χ0n) is 12.7. The highest BCUT2D eigenvalue weighted by Gasteiger charge is 2.17. The third-order valence-corrected chi connectivity index (χ3v) is 3.85. The van der Waals surface area contributed by atoms with Crippen molar-refractivity contribution in [2.24, 2.45) is 10.2 Å². The molecule has 0 radical (unpaired) electrons. The van der Waals surface area contributed by atoms with Gasteiger partial charge in [0.15, 0.2) is 4.98 Å². The maximum absolute atomic E-state index is 10.8. The predicted octanol–water partition coefficient (Wildman–Crippen LogP) is 4.23. The minimum Gasteiger partial charge on any atom is -0.744 e. The summed E-state index contributed by atoms with van der Waals surface area (Å²) in [4.78, 5) is 2.78. The Bertz CT molecular complexity index is 906. The smallest absolute Gasteiger partial charge is 0.426 e. The maximum atomic E-state index is 10.8. The van der Waals surface area contributed by atoms with Crippen LogP contribution in [-0.2, 0) is 10.1 Å². The average Bonchev–Trinajstić information content (AvgIpc) is 2.53. The van der Waals surface area contributed by atoms with E-state index in [1.165, 1.54) is 19.2 Å². The van der Waals surface area contributed by atoms with Crippen molar-refractivity contribution in [3.63, 3.8) is 0 Å². The Morgan fingerprint density at radius 3 is 2.29 bits per heavy atom. The second-order valence-electron chi connectivity index (χ2n) is 4.56. The molecule has 2 aromatic carbocycles. The zero-order valence-corrected chi connectivity index (χ0v) is 14.3. The Morgan fingerprint density at radius 1 is 1.17 bits per heavy atom. The molecule has 0 bridgehead atoms. The molecule has 0 heterocycles. The fraction of sp³-hybridized carbons (Fsp3) is 0.143. The number of diazo groups is 1. The largest absolute Gasteiger partial charge is 0.744 e. The molecule has 0 saturated heterocycles. The standard InChI is InChI=1S/C14H12N4O4S.ClH/c1-9-7-13(16-15)14(22-2)8-12(9)18-17-10-3-5-11(6-4-10)23(19,20)21;/h3-8H,1-2H3;1H. The van der Waals surface area contributed by atoms with Crippen LogP contribution >= 0.6 is 12.4 Å². The van der Waals surface area contributed by atoms with Crippen molar-refractivity contribution in [1.29, 1.82) is 5.39 Å². The van der Waals surface area contributed by atoms with Gasteiger partial charge in [0.25, 0.3) is 0 Å². The highest BCUT2D eigenvalue weighted by Crippen LogP contribution is 2.35. The summed E-state index contributed by atoms with van der Waals surface area (Å²) >= 11 is 0. The van der Waals surface area contributed by atoms with Crippen LogP contribution in [0.2, 0.25) is 0 Å². The number of nitrogens with zero attached hydrogens (tertiary/aromatic N) is 4. The lowest BCUT2D eigenvalue weighted by Gasteiger charge is -2.06. The summed E-state index contributed by atoms with van der Waals surface area (Å²) in [5.41, 5.74) is 1.86. The van der Waals surface area contributed by atoms with Crippen molar-refractivity contribution < 1.29 is 17.7 Å². The zero-order chi connectivity index (χ0) is 17.0. The van der Waals surface area contributed by atoms with E-state index in [-0.39, 0.29) is 23.0 Å². The number of benzene rings is 2. The van der Waals surface area contributed by atoms with Gasteiger partial charge in [-0.05, 0) is 36.8 Å². The molecule has 0 spiro atoms. The molecule has 10 heteroatoms. The van der Waals surface area contributed by atoms with Crippen LogP contribution < -0.4 is 4.74 Å². The van der Waals surface area contributed by atoms with Crippen LogP contribution in [0.15, 0.2) is 51.5 Å². The van der Waals surface area contributed by atoms with Crippen LogP contribution in [-0.4, -0.2) is 20.1 Å². The highest BCUT2D eigenvalue weighted by molar-refractivity contribution is 7.85. The van der Waals surface area contributed by atoms with Gasteiger partial charge in [0.2, 0.25) is 11.1 Å². The molecule has 0 aliphatic carbocycles. The molecule has 0 aliphatic heterocycles. The van der Waals surface area contributed by atoms with E-state index >= 15 is 0 Å². The molecule has 126 valence electrons. The van der Waals surface area contributed by atoms with E-state index < -0.39 is 10.1 Å². The van der Waals surface area contributed by atoms with Crippen molar-refractivity contribution in [1.82, 2.24) is 0 Å². The maximum Gasteiger partial charge on any atom is 0.426 e. The molecule has 0 unspecified atom stereocenters. The first-order valence-electron chi connectivity index (χ1n) is 6.36. The van der Waals surface area contributed by atoms with Gasteiger partial charge in [0.05, 0.1) is 23.4 Å². The van der Waals surface area contributed by atoms with Crippen LogP contribution in [0.25, 0.3) is 4.98 Å².